The number of rotatable bonds is 19. The maximum atomic E-state index is 12.7. The molecule has 2 aliphatic heterocycles. The summed E-state index contributed by atoms with van der Waals surface area (Å²) in [4.78, 5) is 31.4. The number of piperidine rings is 2. The number of hydrogen-bond acceptors (Lipinski definition) is 7. The van der Waals surface area contributed by atoms with Crippen molar-refractivity contribution < 1.29 is 23.9 Å². The maximum absolute atomic E-state index is 12.7. The molecule has 2 rings (SSSR count). The van der Waals surface area contributed by atoms with Crippen LogP contribution in [0.3, 0.4) is 0 Å². The van der Waals surface area contributed by atoms with Crippen molar-refractivity contribution in [3.05, 3.63) is 0 Å². The summed E-state index contributed by atoms with van der Waals surface area (Å²) in [6.07, 6.45) is 17.6. The van der Waals surface area contributed by atoms with Gasteiger partial charge in [0, 0.05) is 60.7 Å². The molecule has 0 spiro atoms. The lowest BCUT2D eigenvalue weighted by molar-refractivity contribution is -0.293. The standard InChI is InChI=1S/C36H68N2O5/c1-10-11-12-13-18-21-24-41-38-35(6,7)27-30(28-36(38,8)9)43-32(40)23-20-17-15-14-16-19-22-31(39)42-29-25-33(2,3)37-34(4,5)26-29/h29-30,37H,10-28H2,1-9H3. The Morgan fingerprint density at radius 1 is 0.605 bits per heavy atom. The van der Waals surface area contributed by atoms with Gasteiger partial charge in [0.1, 0.15) is 12.2 Å². The van der Waals surface area contributed by atoms with Crippen LogP contribution in [0.25, 0.3) is 0 Å². The number of ether oxygens (including phenoxy) is 2. The van der Waals surface area contributed by atoms with Crippen molar-refractivity contribution in [2.75, 3.05) is 6.61 Å². The first-order valence-electron chi connectivity index (χ1n) is 17.7. The minimum Gasteiger partial charge on any atom is -0.462 e. The first-order valence-corrected chi connectivity index (χ1v) is 17.7. The lowest BCUT2D eigenvalue weighted by Crippen LogP contribution is -2.62. The third-order valence-electron chi connectivity index (χ3n) is 9.03. The summed E-state index contributed by atoms with van der Waals surface area (Å²) >= 11 is 0. The largest absolute Gasteiger partial charge is 0.462 e. The van der Waals surface area contributed by atoms with Gasteiger partial charge in [-0.25, -0.2) is 0 Å². The summed E-state index contributed by atoms with van der Waals surface area (Å²) in [7, 11) is 0. The monoisotopic (exact) mass is 609 g/mol. The molecule has 43 heavy (non-hydrogen) atoms. The first kappa shape index (κ1) is 38.0. The van der Waals surface area contributed by atoms with Gasteiger partial charge < -0.3 is 14.8 Å². The van der Waals surface area contributed by atoms with Crippen molar-refractivity contribution >= 4 is 11.9 Å². The Balaban J connectivity index is 1.56. The number of carbonyl (C=O) groups excluding carboxylic acids is 2. The molecule has 0 unspecified atom stereocenters. The van der Waals surface area contributed by atoms with Gasteiger partial charge in [0.15, 0.2) is 0 Å². The SMILES string of the molecule is CCCCCCCCON1C(C)(C)CC(OC(=O)CCCCCCCCC(=O)OC2CC(C)(C)NC(C)(C)C2)CC1(C)C. The van der Waals surface area contributed by atoms with Crippen molar-refractivity contribution in [3.8, 4) is 0 Å². The molecule has 0 bridgehead atoms. The average Bonchev–Trinajstić information content (AvgIpc) is 2.83. The predicted molar refractivity (Wildman–Crippen MR) is 176 cm³/mol. The highest BCUT2D eigenvalue weighted by molar-refractivity contribution is 5.69. The highest BCUT2D eigenvalue weighted by Crippen LogP contribution is 2.40. The fourth-order valence-electron chi connectivity index (χ4n) is 7.69. The van der Waals surface area contributed by atoms with Gasteiger partial charge in [0.2, 0.25) is 0 Å². The fourth-order valence-corrected chi connectivity index (χ4v) is 7.69. The highest BCUT2D eigenvalue weighted by atomic mass is 16.7. The van der Waals surface area contributed by atoms with Gasteiger partial charge >= 0.3 is 11.9 Å². The van der Waals surface area contributed by atoms with E-state index in [0.29, 0.717) is 12.8 Å². The Morgan fingerprint density at radius 3 is 1.47 bits per heavy atom. The molecule has 0 radical (unpaired) electrons. The van der Waals surface area contributed by atoms with E-state index in [1.165, 1.54) is 32.1 Å². The summed E-state index contributed by atoms with van der Waals surface area (Å²) in [5.41, 5.74) is -0.429. The zero-order valence-electron chi connectivity index (χ0n) is 29.6. The molecule has 2 saturated heterocycles. The van der Waals surface area contributed by atoms with Crippen molar-refractivity contribution in [2.24, 2.45) is 0 Å². The molecule has 7 nitrogen and oxygen atoms in total. The summed E-state index contributed by atoms with van der Waals surface area (Å²) < 4.78 is 11.8. The van der Waals surface area contributed by atoms with E-state index in [1.807, 2.05) is 0 Å². The van der Waals surface area contributed by atoms with Crippen LogP contribution in [0.2, 0.25) is 0 Å². The number of hydroxylamine groups is 2. The molecule has 0 aromatic carbocycles. The second kappa shape index (κ2) is 17.5. The van der Waals surface area contributed by atoms with Gasteiger partial charge in [-0.1, -0.05) is 64.7 Å². The molecule has 0 amide bonds. The molecule has 252 valence electrons. The van der Waals surface area contributed by atoms with E-state index in [0.717, 1.165) is 77.2 Å². The number of unbranched alkanes of at least 4 members (excludes halogenated alkanes) is 10. The van der Waals surface area contributed by atoms with E-state index in [2.05, 4.69) is 72.7 Å². The van der Waals surface area contributed by atoms with Crippen molar-refractivity contribution in [1.29, 1.82) is 0 Å². The third kappa shape index (κ3) is 14.6. The number of carbonyl (C=O) groups is 2. The molecule has 0 aromatic rings. The van der Waals surface area contributed by atoms with Crippen LogP contribution < -0.4 is 5.32 Å². The van der Waals surface area contributed by atoms with Crippen LogP contribution in [0, 0.1) is 0 Å². The zero-order valence-corrected chi connectivity index (χ0v) is 29.6. The highest BCUT2D eigenvalue weighted by Gasteiger charge is 2.47. The Hall–Kier alpha value is -1.18. The normalized spacial score (nSPS) is 21.9. The molecule has 0 aliphatic carbocycles. The summed E-state index contributed by atoms with van der Waals surface area (Å²) in [5.74, 6) is -0.145. The molecule has 2 aliphatic rings. The van der Waals surface area contributed by atoms with Gasteiger partial charge in [0.25, 0.3) is 0 Å². The van der Waals surface area contributed by atoms with Crippen LogP contribution in [0.4, 0.5) is 0 Å². The molecule has 7 heteroatoms. The fraction of sp³-hybridized carbons (Fsp3) is 0.944. The predicted octanol–water partition coefficient (Wildman–Crippen LogP) is 8.82. The van der Waals surface area contributed by atoms with Crippen molar-refractivity contribution in [1.82, 2.24) is 10.4 Å². The third-order valence-corrected chi connectivity index (χ3v) is 9.03. The summed E-state index contributed by atoms with van der Waals surface area (Å²) in [5, 5.41) is 5.81. The molecule has 0 saturated carbocycles. The van der Waals surface area contributed by atoms with Gasteiger partial charge in [0.05, 0.1) is 6.61 Å². The Labute approximate surface area is 264 Å². The smallest absolute Gasteiger partial charge is 0.306 e. The zero-order chi connectivity index (χ0) is 32.2. The summed E-state index contributed by atoms with van der Waals surface area (Å²) in [6.45, 7) is 20.5. The van der Waals surface area contributed by atoms with Crippen molar-refractivity contribution in [2.45, 2.75) is 212 Å². The van der Waals surface area contributed by atoms with E-state index in [-0.39, 0.29) is 46.3 Å². The molecule has 1 N–H and O–H groups in total. The number of esters is 2. The molecular weight excluding hydrogens is 540 g/mol. The number of nitrogens with one attached hydrogen (secondary N) is 1. The molecular formula is C36H68N2O5. The van der Waals surface area contributed by atoms with E-state index >= 15 is 0 Å². The van der Waals surface area contributed by atoms with Gasteiger partial charge in [-0.15, -0.1) is 0 Å². The number of hydrogen-bond donors (Lipinski definition) is 1. The molecule has 0 aromatic heterocycles. The van der Waals surface area contributed by atoms with E-state index in [1.54, 1.807) is 0 Å². The average molecular weight is 609 g/mol. The maximum Gasteiger partial charge on any atom is 0.306 e. The van der Waals surface area contributed by atoms with E-state index in [4.69, 9.17) is 14.3 Å². The second-order valence-electron chi connectivity index (χ2n) is 16.1. The second-order valence-corrected chi connectivity index (χ2v) is 16.1. The van der Waals surface area contributed by atoms with Crippen LogP contribution in [0.1, 0.15) is 178 Å². The molecule has 2 fully saturated rings. The van der Waals surface area contributed by atoms with Gasteiger partial charge in [-0.05, 0) is 74.7 Å². The molecule has 2 heterocycles. The minimum absolute atomic E-state index is 0.00793. The lowest BCUT2D eigenvalue weighted by atomic mass is 9.80. The van der Waals surface area contributed by atoms with E-state index < -0.39 is 0 Å². The quantitative estimate of drug-likeness (QED) is 0.116. The summed E-state index contributed by atoms with van der Waals surface area (Å²) in [6, 6.07) is 0. The lowest BCUT2D eigenvalue weighted by Gasteiger charge is -2.53. The van der Waals surface area contributed by atoms with Crippen LogP contribution in [0.5, 0.6) is 0 Å². The Morgan fingerprint density at radius 2 is 1.00 bits per heavy atom. The van der Waals surface area contributed by atoms with E-state index in [9.17, 15) is 9.59 Å². The first-order chi connectivity index (χ1) is 20.1. The van der Waals surface area contributed by atoms with Gasteiger partial charge in [-0.2, -0.15) is 5.06 Å². The van der Waals surface area contributed by atoms with Crippen LogP contribution in [0.15, 0.2) is 0 Å². The van der Waals surface area contributed by atoms with Gasteiger partial charge in [-0.3, -0.25) is 14.4 Å². The molecule has 0 atom stereocenters. The van der Waals surface area contributed by atoms with Crippen LogP contribution in [-0.4, -0.2) is 58.0 Å². The Kier molecular flexibility index (Phi) is 15.5. The minimum atomic E-state index is -0.192. The van der Waals surface area contributed by atoms with Crippen molar-refractivity contribution in [3.63, 3.8) is 0 Å². The number of nitrogens with zero attached hydrogens (tertiary/aromatic N) is 1. The van der Waals surface area contributed by atoms with Crippen LogP contribution >= 0.6 is 0 Å². The topological polar surface area (TPSA) is 77.1 Å². The Bertz CT molecular complexity index is 803. The van der Waals surface area contributed by atoms with Crippen LogP contribution in [-0.2, 0) is 23.9 Å².